The molecule has 1 saturated heterocycles. The van der Waals surface area contributed by atoms with Crippen molar-refractivity contribution in [3.05, 3.63) is 70.0 Å². The van der Waals surface area contributed by atoms with Gasteiger partial charge in [0.1, 0.15) is 11.3 Å². The Bertz CT molecular complexity index is 1180. The fourth-order valence-corrected chi connectivity index (χ4v) is 4.06. The Kier molecular flexibility index (Phi) is 12.5. The van der Waals surface area contributed by atoms with Gasteiger partial charge in [0.15, 0.2) is 5.76 Å². The van der Waals surface area contributed by atoms with E-state index in [2.05, 4.69) is 18.7 Å². The summed E-state index contributed by atoms with van der Waals surface area (Å²) in [5, 5.41) is 11.6. The predicted octanol–water partition coefficient (Wildman–Crippen LogP) is 7.07. The second-order valence-corrected chi connectivity index (χ2v) is 8.52. The Hall–Kier alpha value is -3.72. The Morgan fingerprint density at radius 1 is 1.03 bits per heavy atom. The van der Waals surface area contributed by atoms with E-state index in [1.807, 2.05) is 19.9 Å². The van der Waals surface area contributed by atoms with Gasteiger partial charge in [0.25, 0.3) is 5.69 Å². The molecule has 0 radical (unpaired) electrons. The minimum Gasteiger partial charge on any atom is -0.450 e. The number of hydrogen-bond donors (Lipinski definition) is 0. The molecule has 0 spiro atoms. The molecule has 0 unspecified atom stereocenters. The number of para-hydroxylation sites is 1. The minimum absolute atomic E-state index is 0.000437. The van der Waals surface area contributed by atoms with E-state index in [0.717, 1.165) is 25.9 Å². The maximum Gasteiger partial charge on any atom is 0.414 e. The van der Waals surface area contributed by atoms with E-state index < -0.39 is 16.8 Å². The van der Waals surface area contributed by atoms with E-state index in [1.54, 1.807) is 25.1 Å². The third-order valence-corrected chi connectivity index (χ3v) is 5.71. The third kappa shape index (κ3) is 7.64. The van der Waals surface area contributed by atoms with Crippen LogP contribution in [0.15, 0.2) is 52.9 Å². The maximum atomic E-state index is 13.4. The molecule has 1 aliphatic rings. The van der Waals surface area contributed by atoms with Gasteiger partial charge in [-0.3, -0.25) is 19.8 Å². The first-order chi connectivity index (χ1) is 18.4. The topological polar surface area (TPSA) is 106 Å². The molecule has 9 nitrogen and oxygen atoms in total. The van der Waals surface area contributed by atoms with Crippen molar-refractivity contribution in [2.75, 3.05) is 37.7 Å². The number of ketones is 1. The number of anilines is 1. The van der Waals surface area contributed by atoms with Crippen LogP contribution in [0, 0.1) is 10.1 Å². The SMILES string of the molecule is CC.CCC.CCOC(=O)N(CCN1CCCC1)c1c(C(=O)c2ccc([N+](=O)[O-])cc2)oc2ccccc12. The van der Waals surface area contributed by atoms with Crippen LogP contribution in [0.1, 0.15) is 70.0 Å². The zero-order valence-corrected chi connectivity index (χ0v) is 23.1. The molecule has 1 amide bonds. The van der Waals surface area contributed by atoms with Crippen molar-refractivity contribution in [2.45, 2.75) is 53.9 Å². The number of nitro benzene ring substituents is 1. The van der Waals surface area contributed by atoms with Gasteiger partial charge in [0.05, 0.1) is 11.5 Å². The van der Waals surface area contributed by atoms with Gasteiger partial charge >= 0.3 is 6.09 Å². The lowest BCUT2D eigenvalue weighted by atomic mass is 10.1. The lowest BCUT2D eigenvalue weighted by Gasteiger charge is -2.24. The number of carbonyl (C=O) groups is 2. The lowest BCUT2D eigenvalue weighted by Crippen LogP contribution is -2.39. The molecular formula is C29H39N3O6. The monoisotopic (exact) mass is 525 g/mol. The second kappa shape index (κ2) is 15.5. The van der Waals surface area contributed by atoms with Crippen molar-refractivity contribution < 1.29 is 23.7 Å². The Labute approximate surface area is 224 Å². The highest BCUT2D eigenvalue weighted by Crippen LogP contribution is 2.36. The molecule has 0 atom stereocenters. The van der Waals surface area contributed by atoms with Gasteiger partial charge in [-0.2, -0.15) is 0 Å². The molecule has 0 bridgehead atoms. The highest BCUT2D eigenvalue weighted by Gasteiger charge is 2.30. The largest absolute Gasteiger partial charge is 0.450 e. The number of fused-ring (bicyclic) bond motifs is 1. The summed E-state index contributed by atoms with van der Waals surface area (Å²) in [5.74, 6) is -0.467. The molecule has 2 heterocycles. The molecule has 2 aromatic carbocycles. The Morgan fingerprint density at radius 2 is 1.63 bits per heavy atom. The summed E-state index contributed by atoms with van der Waals surface area (Å²) in [6.45, 7) is 13.1. The van der Waals surface area contributed by atoms with Gasteiger partial charge in [-0.15, -0.1) is 0 Å². The van der Waals surface area contributed by atoms with Gasteiger partial charge in [0.2, 0.25) is 5.78 Å². The maximum absolute atomic E-state index is 13.4. The third-order valence-electron chi connectivity index (χ3n) is 5.71. The van der Waals surface area contributed by atoms with Crippen molar-refractivity contribution in [3.8, 4) is 0 Å². The Morgan fingerprint density at radius 3 is 2.21 bits per heavy atom. The number of amides is 1. The lowest BCUT2D eigenvalue weighted by molar-refractivity contribution is -0.384. The summed E-state index contributed by atoms with van der Waals surface area (Å²) in [6, 6.07) is 12.4. The van der Waals surface area contributed by atoms with Crippen LogP contribution in [0.3, 0.4) is 0 Å². The number of hydrogen-bond acceptors (Lipinski definition) is 7. The van der Waals surface area contributed by atoms with Crippen LogP contribution < -0.4 is 4.90 Å². The predicted molar refractivity (Wildman–Crippen MR) is 150 cm³/mol. The zero-order chi connectivity index (χ0) is 28.1. The van der Waals surface area contributed by atoms with Crippen molar-refractivity contribution >= 4 is 34.2 Å². The van der Waals surface area contributed by atoms with Crippen LogP contribution in [-0.4, -0.2) is 54.5 Å². The number of rotatable bonds is 8. The number of ether oxygens (including phenoxy) is 1. The molecule has 4 rings (SSSR count). The van der Waals surface area contributed by atoms with Gasteiger partial charge in [0, 0.05) is 36.2 Å². The summed E-state index contributed by atoms with van der Waals surface area (Å²) >= 11 is 0. The van der Waals surface area contributed by atoms with Gasteiger partial charge < -0.3 is 14.1 Å². The number of nitrogens with zero attached hydrogens (tertiary/aromatic N) is 3. The van der Waals surface area contributed by atoms with Crippen molar-refractivity contribution in [1.82, 2.24) is 4.90 Å². The van der Waals surface area contributed by atoms with E-state index in [0.29, 0.717) is 29.7 Å². The number of furan rings is 1. The average molecular weight is 526 g/mol. The summed E-state index contributed by atoms with van der Waals surface area (Å²) in [7, 11) is 0. The van der Waals surface area contributed by atoms with Gasteiger partial charge in [-0.1, -0.05) is 46.2 Å². The van der Waals surface area contributed by atoms with Crippen LogP contribution in [0.2, 0.25) is 0 Å². The first kappa shape index (κ1) is 30.5. The normalized spacial score (nSPS) is 12.7. The molecule has 1 fully saturated rings. The first-order valence-corrected chi connectivity index (χ1v) is 13.4. The van der Waals surface area contributed by atoms with Crippen LogP contribution >= 0.6 is 0 Å². The second-order valence-electron chi connectivity index (χ2n) is 8.52. The minimum atomic E-state index is -0.555. The smallest absolute Gasteiger partial charge is 0.414 e. The summed E-state index contributed by atoms with van der Waals surface area (Å²) < 4.78 is 11.2. The summed E-state index contributed by atoms with van der Waals surface area (Å²) in [6.07, 6.45) is 2.94. The number of non-ortho nitro benzene ring substituents is 1. The molecule has 38 heavy (non-hydrogen) atoms. The van der Waals surface area contributed by atoms with Crippen LogP contribution in [-0.2, 0) is 4.74 Å². The average Bonchev–Trinajstić information content (AvgIpc) is 3.59. The Balaban J connectivity index is 0.000000947. The van der Waals surface area contributed by atoms with Crippen molar-refractivity contribution in [1.29, 1.82) is 0 Å². The summed E-state index contributed by atoms with van der Waals surface area (Å²) in [5.41, 5.74) is 0.930. The molecule has 1 aromatic heterocycles. The zero-order valence-electron chi connectivity index (χ0n) is 23.1. The number of carbonyl (C=O) groups excluding carboxylic acids is 2. The quantitative estimate of drug-likeness (QED) is 0.176. The molecule has 206 valence electrons. The molecule has 3 aromatic rings. The number of benzene rings is 2. The first-order valence-electron chi connectivity index (χ1n) is 13.4. The molecule has 9 heteroatoms. The van der Waals surface area contributed by atoms with E-state index in [-0.39, 0.29) is 23.6 Å². The number of likely N-dealkylation sites (tertiary alicyclic amines) is 1. The highest BCUT2D eigenvalue weighted by molar-refractivity contribution is 6.17. The van der Waals surface area contributed by atoms with Gasteiger partial charge in [-0.25, -0.2) is 4.79 Å². The molecule has 0 saturated carbocycles. The van der Waals surface area contributed by atoms with Gasteiger partial charge in [-0.05, 0) is 57.1 Å². The van der Waals surface area contributed by atoms with Crippen LogP contribution in [0.5, 0.6) is 0 Å². The van der Waals surface area contributed by atoms with E-state index in [9.17, 15) is 19.7 Å². The highest BCUT2D eigenvalue weighted by atomic mass is 16.6. The van der Waals surface area contributed by atoms with Crippen molar-refractivity contribution in [2.24, 2.45) is 0 Å². The number of nitro groups is 1. The molecular weight excluding hydrogens is 486 g/mol. The standard InChI is InChI=1S/C24H25N3O6.C3H8.C2H6/c1-2-32-24(29)26(16-15-25-13-5-6-14-25)21-19-7-3-4-8-20(19)33-23(21)22(28)17-9-11-18(12-10-17)27(30)31;1-3-2;1-2/h3-4,7-12H,2,5-6,13-16H2,1H3;3H2,1-2H3;1-2H3. The van der Waals surface area contributed by atoms with Crippen LogP contribution in [0.25, 0.3) is 11.0 Å². The van der Waals surface area contributed by atoms with E-state index in [1.165, 1.54) is 35.6 Å². The van der Waals surface area contributed by atoms with Crippen LogP contribution in [0.4, 0.5) is 16.2 Å². The summed E-state index contributed by atoms with van der Waals surface area (Å²) in [4.78, 5) is 40.6. The molecule has 0 N–H and O–H groups in total. The fraction of sp³-hybridized carbons (Fsp3) is 0.448. The van der Waals surface area contributed by atoms with Crippen molar-refractivity contribution in [3.63, 3.8) is 0 Å². The fourth-order valence-electron chi connectivity index (χ4n) is 4.06. The molecule has 0 aliphatic carbocycles. The van der Waals surface area contributed by atoms with E-state index >= 15 is 0 Å². The van der Waals surface area contributed by atoms with E-state index in [4.69, 9.17) is 9.15 Å². The molecule has 1 aliphatic heterocycles.